The molecular weight excluding hydrogens is 216 g/mol. The quantitative estimate of drug-likeness (QED) is 0.633. The van der Waals surface area contributed by atoms with Crippen LogP contribution in [0.5, 0.6) is 0 Å². The summed E-state index contributed by atoms with van der Waals surface area (Å²) in [6, 6.07) is 0. The third kappa shape index (κ3) is 6.64. The lowest BCUT2D eigenvalue weighted by molar-refractivity contribution is -0.121. The Morgan fingerprint density at radius 2 is 2.41 bits per heavy atom. The van der Waals surface area contributed by atoms with Gasteiger partial charge in [0.05, 0.1) is 6.10 Å². The summed E-state index contributed by atoms with van der Waals surface area (Å²) in [7, 11) is 0. The summed E-state index contributed by atoms with van der Waals surface area (Å²) in [5.74, 6) is 0.708. The standard InChI is InChI=1S/C13H26N2O2/c1-11(10-14)4-2-8-15-13(16)7-6-12-5-3-9-17-12/h11-12H,2-10,14H2,1H3,(H,15,16). The molecule has 1 heterocycles. The van der Waals surface area contributed by atoms with Crippen LogP contribution in [0, 0.1) is 5.92 Å². The molecule has 1 aliphatic heterocycles. The minimum atomic E-state index is 0.154. The number of hydrogen-bond acceptors (Lipinski definition) is 3. The van der Waals surface area contributed by atoms with E-state index in [9.17, 15) is 4.79 Å². The van der Waals surface area contributed by atoms with E-state index in [0.717, 1.165) is 51.8 Å². The van der Waals surface area contributed by atoms with Crippen LogP contribution in [0.25, 0.3) is 0 Å². The van der Waals surface area contributed by atoms with Crippen LogP contribution in [-0.2, 0) is 9.53 Å². The van der Waals surface area contributed by atoms with E-state index in [2.05, 4.69) is 12.2 Å². The Morgan fingerprint density at radius 1 is 1.59 bits per heavy atom. The number of nitrogens with two attached hydrogens (primary N) is 1. The van der Waals surface area contributed by atoms with Crippen molar-refractivity contribution in [1.82, 2.24) is 5.32 Å². The summed E-state index contributed by atoms with van der Waals surface area (Å²) in [4.78, 5) is 11.5. The zero-order valence-electron chi connectivity index (χ0n) is 10.9. The molecule has 0 aliphatic carbocycles. The normalized spacial score (nSPS) is 21.4. The Hall–Kier alpha value is -0.610. The van der Waals surface area contributed by atoms with Gasteiger partial charge in [-0.1, -0.05) is 6.92 Å². The fraction of sp³-hybridized carbons (Fsp3) is 0.923. The third-order valence-corrected chi connectivity index (χ3v) is 3.32. The van der Waals surface area contributed by atoms with Gasteiger partial charge < -0.3 is 15.8 Å². The molecule has 0 aromatic heterocycles. The lowest BCUT2D eigenvalue weighted by atomic mass is 10.1. The summed E-state index contributed by atoms with van der Waals surface area (Å²) >= 11 is 0. The number of nitrogens with one attached hydrogen (secondary N) is 1. The molecule has 0 aromatic carbocycles. The van der Waals surface area contributed by atoms with E-state index in [-0.39, 0.29) is 5.91 Å². The fourth-order valence-corrected chi connectivity index (χ4v) is 2.05. The van der Waals surface area contributed by atoms with E-state index in [1.165, 1.54) is 0 Å². The smallest absolute Gasteiger partial charge is 0.220 e. The molecule has 1 amide bonds. The first kappa shape index (κ1) is 14.5. The molecule has 100 valence electrons. The number of amides is 1. The maximum absolute atomic E-state index is 11.5. The second-order valence-corrected chi connectivity index (χ2v) is 5.01. The second kappa shape index (κ2) is 8.48. The minimum Gasteiger partial charge on any atom is -0.378 e. The van der Waals surface area contributed by atoms with Crippen molar-refractivity contribution in [3.63, 3.8) is 0 Å². The van der Waals surface area contributed by atoms with Gasteiger partial charge in [0.15, 0.2) is 0 Å². The van der Waals surface area contributed by atoms with Gasteiger partial charge in [-0.25, -0.2) is 0 Å². The summed E-state index contributed by atoms with van der Waals surface area (Å²) in [6.45, 7) is 4.50. The summed E-state index contributed by atoms with van der Waals surface area (Å²) in [5, 5.41) is 2.95. The predicted molar refractivity (Wildman–Crippen MR) is 68.7 cm³/mol. The molecule has 2 unspecified atom stereocenters. The molecule has 3 N–H and O–H groups in total. The van der Waals surface area contributed by atoms with Gasteiger partial charge >= 0.3 is 0 Å². The van der Waals surface area contributed by atoms with Gasteiger partial charge in [-0.05, 0) is 44.6 Å². The zero-order valence-corrected chi connectivity index (χ0v) is 10.9. The van der Waals surface area contributed by atoms with Crippen molar-refractivity contribution in [2.45, 2.75) is 51.6 Å². The third-order valence-electron chi connectivity index (χ3n) is 3.32. The number of carbonyl (C=O) groups is 1. The topological polar surface area (TPSA) is 64.3 Å². The second-order valence-electron chi connectivity index (χ2n) is 5.01. The molecule has 0 bridgehead atoms. The molecule has 0 saturated carbocycles. The van der Waals surface area contributed by atoms with Crippen LogP contribution in [0.1, 0.15) is 45.4 Å². The van der Waals surface area contributed by atoms with E-state index in [1.54, 1.807) is 0 Å². The average molecular weight is 242 g/mol. The molecule has 0 radical (unpaired) electrons. The Labute approximate surface area is 104 Å². The summed E-state index contributed by atoms with van der Waals surface area (Å²) in [5.41, 5.74) is 5.53. The molecular formula is C13H26N2O2. The monoisotopic (exact) mass is 242 g/mol. The highest BCUT2D eigenvalue weighted by molar-refractivity contribution is 5.75. The van der Waals surface area contributed by atoms with E-state index in [1.807, 2.05) is 0 Å². The molecule has 4 heteroatoms. The van der Waals surface area contributed by atoms with Crippen LogP contribution in [0.2, 0.25) is 0 Å². The van der Waals surface area contributed by atoms with Gasteiger partial charge in [0.1, 0.15) is 0 Å². The van der Waals surface area contributed by atoms with Gasteiger partial charge in [-0.3, -0.25) is 4.79 Å². The summed E-state index contributed by atoms with van der Waals surface area (Å²) < 4.78 is 5.48. The minimum absolute atomic E-state index is 0.154. The molecule has 2 atom stereocenters. The SMILES string of the molecule is CC(CN)CCCNC(=O)CCC1CCCO1. The number of rotatable bonds is 8. The first-order chi connectivity index (χ1) is 8.22. The van der Waals surface area contributed by atoms with Gasteiger partial charge in [-0.15, -0.1) is 0 Å². The van der Waals surface area contributed by atoms with Crippen molar-refractivity contribution in [3.05, 3.63) is 0 Å². The number of hydrogen-bond donors (Lipinski definition) is 2. The predicted octanol–water partition coefficient (Wildman–Crippen LogP) is 1.44. The van der Waals surface area contributed by atoms with E-state index in [4.69, 9.17) is 10.5 Å². The van der Waals surface area contributed by atoms with Crippen molar-refractivity contribution in [1.29, 1.82) is 0 Å². The van der Waals surface area contributed by atoms with Gasteiger partial charge in [0, 0.05) is 19.6 Å². The van der Waals surface area contributed by atoms with Crippen LogP contribution in [-0.4, -0.2) is 31.7 Å². The van der Waals surface area contributed by atoms with Gasteiger partial charge in [0.2, 0.25) is 5.91 Å². The van der Waals surface area contributed by atoms with E-state index < -0.39 is 0 Å². The lowest BCUT2D eigenvalue weighted by Crippen LogP contribution is -2.26. The van der Waals surface area contributed by atoms with E-state index >= 15 is 0 Å². The highest BCUT2D eigenvalue weighted by Crippen LogP contribution is 2.16. The summed E-state index contributed by atoms with van der Waals surface area (Å²) in [6.07, 6.45) is 6.14. The maximum Gasteiger partial charge on any atom is 0.220 e. The molecule has 0 spiro atoms. The Kier molecular flexibility index (Phi) is 7.21. The van der Waals surface area contributed by atoms with Crippen molar-refractivity contribution in [2.75, 3.05) is 19.7 Å². The first-order valence-electron chi connectivity index (χ1n) is 6.80. The molecule has 1 fully saturated rings. The largest absolute Gasteiger partial charge is 0.378 e. The fourth-order valence-electron chi connectivity index (χ4n) is 2.05. The van der Waals surface area contributed by atoms with Crippen LogP contribution in [0.4, 0.5) is 0 Å². The van der Waals surface area contributed by atoms with Gasteiger partial charge in [0.25, 0.3) is 0 Å². The first-order valence-corrected chi connectivity index (χ1v) is 6.80. The maximum atomic E-state index is 11.5. The number of ether oxygens (including phenoxy) is 1. The molecule has 4 nitrogen and oxygen atoms in total. The Bertz CT molecular complexity index is 215. The Morgan fingerprint density at radius 3 is 3.06 bits per heavy atom. The van der Waals surface area contributed by atoms with Crippen molar-refractivity contribution >= 4 is 5.91 Å². The van der Waals surface area contributed by atoms with Crippen LogP contribution >= 0.6 is 0 Å². The molecule has 1 saturated heterocycles. The van der Waals surface area contributed by atoms with Crippen molar-refractivity contribution < 1.29 is 9.53 Å². The molecule has 17 heavy (non-hydrogen) atoms. The Balaban J connectivity index is 1.93. The highest BCUT2D eigenvalue weighted by atomic mass is 16.5. The average Bonchev–Trinajstić information content (AvgIpc) is 2.84. The van der Waals surface area contributed by atoms with Crippen LogP contribution in [0.3, 0.4) is 0 Å². The molecule has 0 aromatic rings. The van der Waals surface area contributed by atoms with Crippen molar-refractivity contribution in [2.24, 2.45) is 11.7 Å². The van der Waals surface area contributed by atoms with Gasteiger partial charge in [-0.2, -0.15) is 0 Å². The molecule has 1 rings (SSSR count). The van der Waals surface area contributed by atoms with Crippen LogP contribution < -0.4 is 11.1 Å². The van der Waals surface area contributed by atoms with Crippen LogP contribution in [0.15, 0.2) is 0 Å². The number of carbonyl (C=O) groups excluding carboxylic acids is 1. The lowest BCUT2D eigenvalue weighted by Gasteiger charge is -2.10. The highest BCUT2D eigenvalue weighted by Gasteiger charge is 2.16. The zero-order chi connectivity index (χ0) is 12.5. The molecule has 1 aliphatic rings. The van der Waals surface area contributed by atoms with E-state index in [0.29, 0.717) is 18.4 Å². The van der Waals surface area contributed by atoms with Crippen molar-refractivity contribution in [3.8, 4) is 0 Å².